The van der Waals surface area contributed by atoms with Crippen molar-refractivity contribution in [3.05, 3.63) is 30.6 Å². The number of hydrogen-bond donors (Lipinski definition) is 2. The van der Waals surface area contributed by atoms with Gasteiger partial charge in [0.15, 0.2) is 0 Å². The average molecular weight is 271 g/mol. The number of nitrogens with zero attached hydrogens (tertiary/aromatic N) is 2. The van der Waals surface area contributed by atoms with Gasteiger partial charge in [0.2, 0.25) is 0 Å². The molecule has 6 heteroatoms. The van der Waals surface area contributed by atoms with Crippen molar-refractivity contribution in [3.8, 4) is 0 Å². The zero-order valence-electron chi connectivity index (χ0n) is 10.3. The fourth-order valence-electron chi connectivity index (χ4n) is 1.98. The summed E-state index contributed by atoms with van der Waals surface area (Å²) in [4.78, 5) is 11.6. The molecular weight excluding hydrogens is 252 g/mol. The second-order valence-electron chi connectivity index (χ2n) is 4.18. The molecule has 18 heavy (non-hydrogen) atoms. The molecule has 1 amide bonds. The highest BCUT2D eigenvalue weighted by Crippen LogP contribution is 2.15. The van der Waals surface area contributed by atoms with Gasteiger partial charge in [-0.05, 0) is 25.5 Å². The minimum atomic E-state index is -0.146. The minimum Gasteiger partial charge on any atom is -0.347 e. The molecule has 2 rings (SSSR count). The maximum atomic E-state index is 11.6. The Bertz CT molecular complexity index is 399. The first-order chi connectivity index (χ1) is 8.31. The third-order valence-corrected chi connectivity index (χ3v) is 2.89. The van der Waals surface area contributed by atoms with Crippen molar-refractivity contribution in [2.24, 2.45) is 0 Å². The van der Waals surface area contributed by atoms with Crippen LogP contribution in [0.3, 0.4) is 0 Å². The Labute approximate surface area is 113 Å². The SMILES string of the molecule is C=CCNC(=O)c1ccn(C2CCCNC2)n1.Cl. The Hall–Kier alpha value is -1.33. The Morgan fingerprint density at radius 1 is 1.72 bits per heavy atom. The monoisotopic (exact) mass is 270 g/mol. The lowest BCUT2D eigenvalue weighted by molar-refractivity contribution is 0.0951. The number of rotatable bonds is 4. The first kappa shape index (κ1) is 14.7. The molecule has 0 saturated carbocycles. The van der Waals surface area contributed by atoms with Crippen LogP contribution in [0.4, 0.5) is 0 Å². The van der Waals surface area contributed by atoms with Crippen molar-refractivity contribution in [3.63, 3.8) is 0 Å². The fourth-order valence-corrected chi connectivity index (χ4v) is 1.98. The van der Waals surface area contributed by atoms with Gasteiger partial charge < -0.3 is 10.6 Å². The van der Waals surface area contributed by atoms with Crippen LogP contribution in [-0.2, 0) is 0 Å². The Kier molecular flexibility index (Phi) is 5.88. The molecule has 2 heterocycles. The van der Waals surface area contributed by atoms with E-state index in [9.17, 15) is 4.79 Å². The Balaban J connectivity index is 0.00000162. The normalized spacial score (nSPS) is 18.8. The third kappa shape index (κ3) is 3.58. The van der Waals surface area contributed by atoms with E-state index in [1.165, 1.54) is 0 Å². The van der Waals surface area contributed by atoms with Gasteiger partial charge in [0.05, 0.1) is 6.04 Å². The molecule has 5 nitrogen and oxygen atoms in total. The van der Waals surface area contributed by atoms with Gasteiger partial charge >= 0.3 is 0 Å². The Morgan fingerprint density at radius 3 is 3.22 bits per heavy atom. The largest absolute Gasteiger partial charge is 0.347 e. The van der Waals surface area contributed by atoms with Crippen molar-refractivity contribution >= 4 is 18.3 Å². The molecule has 0 spiro atoms. The maximum Gasteiger partial charge on any atom is 0.272 e. The molecule has 0 radical (unpaired) electrons. The van der Waals surface area contributed by atoms with Crippen LogP contribution >= 0.6 is 12.4 Å². The lowest BCUT2D eigenvalue weighted by atomic mass is 10.1. The zero-order chi connectivity index (χ0) is 12.1. The van der Waals surface area contributed by atoms with E-state index in [4.69, 9.17) is 0 Å². The molecule has 1 fully saturated rings. The molecule has 2 N–H and O–H groups in total. The van der Waals surface area contributed by atoms with Gasteiger partial charge in [-0.3, -0.25) is 9.48 Å². The van der Waals surface area contributed by atoms with Crippen LogP contribution in [0.2, 0.25) is 0 Å². The molecule has 0 aliphatic carbocycles. The number of carbonyl (C=O) groups is 1. The molecule has 1 aliphatic heterocycles. The molecule has 0 aromatic carbocycles. The first-order valence-electron chi connectivity index (χ1n) is 5.96. The fraction of sp³-hybridized carbons (Fsp3) is 0.500. The van der Waals surface area contributed by atoms with Crippen molar-refractivity contribution in [2.75, 3.05) is 19.6 Å². The predicted octanol–water partition coefficient (Wildman–Crippen LogP) is 1.15. The molecule has 1 saturated heterocycles. The van der Waals surface area contributed by atoms with Crippen molar-refractivity contribution in [2.45, 2.75) is 18.9 Å². The van der Waals surface area contributed by atoms with Crippen LogP contribution in [0.15, 0.2) is 24.9 Å². The van der Waals surface area contributed by atoms with Gasteiger partial charge in [0.1, 0.15) is 5.69 Å². The molecule has 1 unspecified atom stereocenters. The lowest BCUT2D eigenvalue weighted by Crippen LogP contribution is -2.32. The number of aromatic nitrogens is 2. The highest BCUT2D eigenvalue weighted by Gasteiger charge is 2.17. The van der Waals surface area contributed by atoms with Crippen LogP contribution in [0.5, 0.6) is 0 Å². The number of hydrogen-bond acceptors (Lipinski definition) is 3. The summed E-state index contributed by atoms with van der Waals surface area (Å²) in [6.07, 6.45) is 5.80. The lowest BCUT2D eigenvalue weighted by Gasteiger charge is -2.22. The summed E-state index contributed by atoms with van der Waals surface area (Å²) in [6, 6.07) is 2.12. The maximum absolute atomic E-state index is 11.6. The molecular formula is C12H19ClN4O. The van der Waals surface area contributed by atoms with E-state index in [2.05, 4.69) is 22.3 Å². The molecule has 1 aromatic heterocycles. The predicted molar refractivity (Wildman–Crippen MR) is 73.1 cm³/mol. The van der Waals surface area contributed by atoms with E-state index < -0.39 is 0 Å². The number of halogens is 1. The molecule has 0 bridgehead atoms. The number of carbonyl (C=O) groups excluding carboxylic acids is 1. The Morgan fingerprint density at radius 2 is 2.56 bits per heavy atom. The van der Waals surface area contributed by atoms with E-state index >= 15 is 0 Å². The van der Waals surface area contributed by atoms with E-state index in [1.807, 2.05) is 10.9 Å². The molecule has 1 aliphatic rings. The summed E-state index contributed by atoms with van der Waals surface area (Å²) >= 11 is 0. The second kappa shape index (κ2) is 7.18. The standard InChI is InChI=1S/C12H18N4O.ClH/c1-2-6-14-12(17)11-5-8-16(15-11)10-4-3-7-13-9-10;/h2,5,8,10,13H,1,3-4,6-7,9H2,(H,14,17);1H. The van der Waals surface area contributed by atoms with Gasteiger partial charge in [0.25, 0.3) is 5.91 Å². The van der Waals surface area contributed by atoms with Crippen LogP contribution in [0.25, 0.3) is 0 Å². The highest BCUT2D eigenvalue weighted by molar-refractivity contribution is 5.92. The summed E-state index contributed by atoms with van der Waals surface area (Å²) in [5.41, 5.74) is 0.470. The minimum absolute atomic E-state index is 0. The van der Waals surface area contributed by atoms with Crippen LogP contribution in [0, 0.1) is 0 Å². The van der Waals surface area contributed by atoms with E-state index in [0.29, 0.717) is 18.3 Å². The van der Waals surface area contributed by atoms with Crippen LogP contribution in [0.1, 0.15) is 29.4 Å². The molecule has 1 atom stereocenters. The first-order valence-corrected chi connectivity index (χ1v) is 5.96. The number of nitrogens with one attached hydrogen (secondary N) is 2. The van der Waals surface area contributed by atoms with Gasteiger partial charge in [-0.15, -0.1) is 19.0 Å². The zero-order valence-corrected chi connectivity index (χ0v) is 11.1. The number of piperidine rings is 1. The summed E-state index contributed by atoms with van der Waals surface area (Å²) in [6.45, 7) is 6.03. The van der Waals surface area contributed by atoms with Gasteiger partial charge in [0, 0.05) is 19.3 Å². The summed E-state index contributed by atoms with van der Waals surface area (Å²) < 4.78 is 1.88. The van der Waals surface area contributed by atoms with Crippen LogP contribution < -0.4 is 10.6 Å². The number of amides is 1. The van der Waals surface area contributed by atoms with E-state index in [1.54, 1.807) is 12.1 Å². The summed E-state index contributed by atoms with van der Waals surface area (Å²) in [5, 5.41) is 10.4. The summed E-state index contributed by atoms with van der Waals surface area (Å²) in [5.74, 6) is -0.146. The van der Waals surface area contributed by atoms with Crippen molar-refractivity contribution in [1.82, 2.24) is 20.4 Å². The van der Waals surface area contributed by atoms with Gasteiger partial charge in [-0.1, -0.05) is 6.08 Å². The van der Waals surface area contributed by atoms with Crippen molar-refractivity contribution in [1.29, 1.82) is 0 Å². The quantitative estimate of drug-likeness (QED) is 0.807. The van der Waals surface area contributed by atoms with Gasteiger partial charge in [-0.25, -0.2) is 0 Å². The van der Waals surface area contributed by atoms with Crippen molar-refractivity contribution < 1.29 is 4.79 Å². The van der Waals surface area contributed by atoms with E-state index in [0.717, 1.165) is 25.9 Å². The second-order valence-corrected chi connectivity index (χ2v) is 4.18. The highest BCUT2D eigenvalue weighted by atomic mass is 35.5. The molecule has 1 aromatic rings. The van der Waals surface area contributed by atoms with E-state index in [-0.39, 0.29) is 18.3 Å². The average Bonchev–Trinajstić information content (AvgIpc) is 2.86. The van der Waals surface area contributed by atoms with Crippen LogP contribution in [-0.4, -0.2) is 35.3 Å². The summed E-state index contributed by atoms with van der Waals surface area (Å²) in [7, 11) is 0. The van der Waals surface area contributed by atoms with Gasteiger partial charge in [-0.2, -0.15) is 5.10 Å². The molecule has 100 valence electrons. The topological polar surface area (TPSA) is 59.0 Å². The smallest absolute Gasteiger partial charge is 0.272 e. The third-order valence-electron chi connectivity index (χ3n) is 2.89.